The molecule has 2 nitrogen and oxygen atoms in total. The summed E-state index contributed by atoms with van der Waals surface area (Å²) in [5.74, 6) is -0.205. The average Bonchev–Trinajstić information content (AvgIpc) is 2.14. The number of unbranched alkanes of at least 4 members (excludes halogenated alkanes) is 4. The Hall–Kier alpha value is -0.790. The van der Waals surface area contributed by atoms with Gasteiger partial charge < -0.3 is 4.74 Å². The summed E-state index contributed by atoms with van der Waals surface area (Å²) in [6.07, 6.45) is 8.40. The maximum atomic E-state index is 10.5. The summed E-state index contributed by atoms with van der Waals surface area (Å²) in [5.41, 5.74) is 1.15. The van der Waals surface area contributed by atoms with Gasteiger partial charge in [0.2, 0.25) is 0 Å². The maximum absolute atomic E-state index is 10.5. The van der Waals surface area contributed by atoms with Crippen molar-refractivity contribution in [3.63, 3.8) is 0 Å². The number of allylic oxidation sites excluding steroid dienone is 1. The number of esters is 1. The molecule has 0 aliphatic rings. The molecule has 0 radical (unpaired) electrons. The lowest BCUT2D eigenvalue weighted by Gasteiger charge is -2.01. The van der Waals surface area contributed by atoms with Crippen LogP contribution in [0.4, 0.5) is 0 Å². The molecule has 2 heteroatoms. The smallest absolute Gasteiger partial charge is 0.302 e. The number of carbonyl (C=O) groups is 1. The van der Waals surface area contributed by atoms with Gasteiger partial charge in [-0.25, -0.2) is 0 Å². The summed E-state index contributed by atoms with van der Waals surface area (Å²) < 4.78 is 4.87. The number of rotatable bonds is 7. The van der Waals surface area contributed by atoms with E-state index in [1.54, 1.807) is 0 Å². The van der Waals surface area contributed by atoms with Gasteiger partial charge in [0.15, 0.2) is 0 Å². The molecule has 0 unspecified atom stereocenters. The van der Waals surface area contributed by atoms with Crippen LogP contribution in [-0.4, -0.2) is 12.6 Å². The zero-order valence-corrected chi connectivity index (χ0v) is 9.64. The topological polar surface area (TPSA) is 26.3 Å². The van der Waals surface area contributed by atoms with Crippen molar-refractivity contribution in [2.75, 3.05) is 6.61 Å². The summed E-state index contributed by atoms with van der Waals surface area (Å²) in [4.78, 5) is 10.5. The molecule has 0 heterocycles. The van der Waals surface area contributed by atoms with Crippen molar-refractivity contribution in [1.82, 2.24) is 0 Å². The standard InChI is InChI=1S/C12H22O2/c1-4-5-6-7-8-9-11(2)10-14-12(3)13/h9H,4-8,10H2,1-3H3. The van der Waals surface area contributed by atoms with Gasteiger partial charge in [-0.15, -0.1) is 0 Å². The molecule has 82 valence electrons. The molecule has 0 aromatic carbocycles. The Morgan fingerprint density at radius 1 is 1.21 bits per heavy atom. The van der Waals surface area contributed by atoms with Crippen molar-refractivity contribution in [3.8, 4) is 0 Å². The molecule has 0 fully saturated rings. The lowest BCUT2D eigenvalue weighted by Crippen LogP contribution is -2.01. The second-order valence-corrected chi connectivity index (χ2v) is 3.68. The molecule has 0 aliphatic carbocycles. The molecule has 14 heavy (non-hydrogen) atoms. The van der Waals surface area contributed by atoms with E-state index in [9.17, 15) is 4.79 Å². The number of ether oxygens (including phenoxy) is 1. The normalized spacial score (nSPS) is 11.5. The fourth-order valence-electron chi connectivity index (χ4n) is 1.19. The van der Waals surface area contributed by atoms with Crippen LogP contribution in [0, 0.1) is 0 Å². The average molecular weight is 198 g/mol. The minimum absolute atomic E-state index is 0.205. The van der Waals surface area contributed by atoms with E-state index in [1.807, 2.05) is 6.92 Å². The quantitative estimate of drug-likeness (QED) is 0.356. The molecular formula is C12H22O2. The van der Waals surface area contributed by atoms with E-state index >= 15 is 0 Å². The molecule has 0 atom stereocenters. The van der Waals surface area contributed by atoms with Gasteiger partial charge in [-0.05, 0) is 25.3 Å². The van der Waals surface area contributed by atoms with E-state index in [0.717, 1.165) is 12.0 Å². The minimum Gasteiger partial charge on any atom is -0.461 e. The number of carbonyl (C=O) groups excluding carboxylic acids is 1. The summed E-state index contributed by atoms with van der Waals surface area (Å²) in [7, 11) is 0. The Morgan fingerprint density at radius 2 is 1.93 bits per heavy atom. The van der Waals surface area contributed by atoms with Gasteiger partial charge in [-0.2, -0.15) is 0 Å². The van der Waals surface area contributed by atoms with E-state index < -0.39 is 0 Å². The van der Waals surface area contributed by atoms with Crippen molar-refractivity contribution >= 4 is 5.97 Å². The number of hydrogen-bond donors (Lipinski definition) is 0. The van der Waals surface area contributed by atoms with Crippen molar-refractivity contribution in [2.45, 2.75) is 52.9 Å². The third-order valence-electron chi connectivity index (χ3n) is 2.05. The second kappa shape index (κ2) is 8.79. The third kappa shape index (κ3) is 9.30. The molecule has 0 N–H and O–H groups in total. The zero-order valence-electron chi connectivity index (χ0n) is 9.64. The van der Waals surface area contributed by atoms with Gasteiger partial charge in [-0.3, -0.25) is 4.79 Å². The van der Waals surface area contributed by atoms with E-state index in [0.29, 0.717) is 6.61 Å². The van der Waals surface area contributed by atoms with Crippen LogP contribution in [0.25, 0.3) is 0 Å². The molecule has 0 aromatic rings. The van der Waals surface area contributed by atoms with Gasteiger partial charge in [0.1, 0.15) is 6.61 Å². The molecular weight excluding hydrogens is 176 g/mol. The first-order valence-electron chi connectivity index (χ1n) is 5.45. The third-order valence-corrected chi connectivity index (χ3v) is 2.05. The van der Waals surface area contributed by atoms with Gasteiger partial charge in [-0.1, -0.05) is 32.3 Å². The highest BCUT2D eigenvalue weighted by molar-refractivity contribution is 5.66. The molecule has 0 amide bonds. The first-order chi connectivity index (χ1) is 6.66. The van der Waals surface area contributed by atoms with Crippen LogP contribution in [0.5, 0.6) is 0 Å². The van der Waals surface area contributed by atoms with Crippen LogP contribution in [0.1, 0.15) is 52.9 Å². The Morgan fingerprint density at radius 3 is 2.50 bits per heavy atom. The van der Waals surface area contributed by atoms with Gasteiger partial charge >= 0.3 is 5.97 Å². The Kier molecular flexibility index (Phi) is 8.30. The van der Waals surface area contributed by atoms with Crippen molar-refractivity contribution < 1.29 is 9.53 Å². The Labute approximate surface area is 87.3 Å². The second-order valence-electron chi connectivity index (χ2n) is 3.68. The first-order valence-corrected chi connectivity index (χ1v) is 5.45. The SMILES string of the molecule is CCCCCCC=C(C)COC(C)=O. The van der Waals surface area contributed by atoms with E-state index in [1.165, 1.54) is 32.6 Å². The fourth-order valence-corrected chi connectivity index (χ4v) is 1.19. The lowest BCUT2D eigenvalue weighted by molar-refractivity contribution is -0.139. The number of hydrogen-bond acceptors (Lipinski definition) is 2. The van der Waals surface area contributed by atoms with Crippen LogP contribution >= 0.6 is 0 Å². The summed E-state index contributed by atoms with van der Waals surface area (Å²) in [6.45, 7) is 6.10. The highest BCUT2D eigenvalue weighted by Gasteiger charge is 1.93. The largest absolute Gasteiger partial charge is 0.461 e. The van der Waals surface area contributed by atoms with Crippen LogP contribution in [0.2, 0.25) is 0 Å². The first kappa shape index (κ1) is 13.2. The Balaban J connectivity index is 3.41. The maximum Gasteiger partial charge on any atom is 0.302 e. The fraction of sp³-hybridized carbons (Fsp3) is 0.750. The van der Waals surface area contributed by atoms with Gasteiger partial charge in [0.25, 0.3) is 0 Å². The van der Waals surface area contributed by atoms with Crippen LogP contribution < -0.4 is 0 Å². The Bertz CT molecular complexity index is 183. The molecule has 0 saturated heterocycles. The molecule has 0 aliphatic heterocycles. The van der Waals surface area contributed by atoms with E-state index in [4.69, 9.17) is 4.74 Å². The minimum atomic E-state index is -0.205. The molecule has 0 rings (SSSR count). The molecule has 0 aromatic heterocycles. The summed E-state index contributed by atoms with van der Waals surface area (Å²) >= 11 is 0. The van der Waals surface area contributed by atoms with Crippen molar-refractivity contribution in [1.29, 1.82) is 0 Å². The highest BCUT2D eigenvalue weighted by Crippen LogP contribution is 2.05. The summed E-state index contributed by atoms with van der Waals surface area (Å²) in [5, 5.41) is 0. The van der Waals surface area contributed by atoms with Crippen molar-refractivity contribution in [2.24, 2.45) is 0 Å². The van der Waals surface area contributed by atoms with E-state index in [-0.39, 0.29) is 5.97 Å². The lowest BCUT2D eigenvalue weighted by atomic mass is 10.1. The highest BCUT2D eigenvalue weighted by atomic mass is 16.5. The molecule has 0 saturated carbocycles. The predicted octanol–water partition coefficient (Wildman–Crippen LogP) is 3.47. The van der Waals surface area contributed by atoms with Crippen LogP contribution in [0.3, 0.4) is 0 Å². The predicted molar refractivity (Wildman–Crippen MR) is 59.1 cm³/mol. The summed E-state index contributed by atoms with van der Waals surface area (Å²) in [6, 6.07) is 0. The molecule has 0 spiro atoms. The monoisotopic (exact) mass is 198 g/mol. The van der Waals surface area contributed by atoms with Gasteiger partial charge in [0.05, 0.1) is 0 Å². The zero-order chi connectivity index (χ0) is 10.8. The molecule has 0 bridgehead atoms. The van der Waals surface area contributed by atoms with Gasteiger partial charge in [0, 0.05) is 6.92 Å². The van der Waals surface area contributed by atoms with Crippen molar-refractivity contribution in [3.05, 3.63) is 11.6 Å². The van der Waals surface area contributed by atoms with E-state index in [2.05, 4.69) is 13.0 Å². The van der Waals surface area contributed by atoms with Crippen LogP contribution in [-0.2, 0) is 9.53 Å². The van der Waals surface area contributed by atoms with Crippen LogP contribution in [0.15, 0.2) is 11.6 Å².